The molecule has 1 N–H and O–H groups in total. The van der Waals surface area contributed by atoms with Gasteiger partial charge in [0.05, 0.1) is 14.2 Å². The van der Waals surface area contributed by atoms with Crippen molar-refractivity contribution in [3.63, 3.8) is 0 Å². The highest BCUT2D eigenvalue weighted by atomic mass is 32.2. The molecule has 8 heteroatoms. The fourth-order valence-electron chi connectivity index (χ4n) is 3.64. The first-order valence-electron chi connectivity index (χ1n) is 9.62. The minimum atomic E-state index is -3.88. The number of nitrogens with one attached hydrogen (secondary N) is 1. The van der Waals surface area contributed by atoms with E-state index < -0.39 is 10.0 Å². The maximum absolute atomic E-state index is 13.0. The molecule has 1 aliphatic heterocycles. The van der Waals surface area contributed by atoms with Gasteiger partial charge < -0.3 is 14.4 Å². The van der Waals surface area contributed by atoms with Crippen LogP contribution in [0.25, 0.3) is 0 Å². The Morgan fingerprint density at radius 3 is 2.59 bits per heavy atom. The van der Waals surface area contributed by atoms with Crippen molar-refractivity contribution in [2.75, 3.05) is 30.4 Å². The van der Waals surface area contributed by atoms with Crippen LogP contribution >= 0.6 is 0 Å². The van der Waals surface area contributed by atoms with Crippen molar-refractivity contribution >= 4 is 27.3 Å². The normalized spacial score (nSPS) is 16.1. The number of hydrogen-bond acceptors (Lipinski definition) is 5. The Kier molecular flexibility index (Phi) is 5.12. The fourth-order valence-corrected chi connectivity index (χ4v) is 4.88. The van der Waals surface area contributed by atoms with E-state index in [1.165, 1.54) is 20.3 Å². The third kappa shape index (κ3) is 3.89. The van der Waals surface area contributed by atoms with Crippen molar-refractivity contribution in [2.45, 2.75) is 30.6 Å². The first kappa shape index (κ1) is 19.6. The van der Waals surface area contributed by atoms with Crippen LogP contribution in [0.2, 0.25) is 0 Å². The van der Waals surface area contributed by atoms with E-state index in [1.807, 2.05) is 17.0 Å². The second-order valence-corrected chi connectivity index (χ2v) is 8.98. The smallest absolute Gasteiger partial charge is 0.265 e. The van der Waals surface area contributed by atoms with Gasteiger partial charge in [-0.1, -0.05) is 0 Å². The third-order valence-electron chi connectivity index (χ3n) is 5.30. The number of nitrogens with zero attached hydrogens (tertiary/aromatic N) is 1. The van der Waals surface area contributed by atoms with Gasteiger partial charge >= 0.3 is 0 Å². The van der Waals surface area contributed by atoms with Crippen molar-refractivity contribution < 1.29 is 22.7 Å². The summed E-state index contributed by atoms with van der Waals surface area (Å²) in [4.78, 5) is 14.4. The zero-order valence-electron chi connectivity index (χ0n) is 16.5. The second-order valence-electron chi connectivity index (χ2n) is 7.33. The molecule has 154 valence electrons. The highest BCUT2D eigenvalue weighted by molar-refractivity contribution is 7.92. The Labute approximate surface area is 170 Å². The number of carbonyl (C=O) groups excluding carboxylic acids is 1. The Morgan fingerprint density at radius 2 is 1.90 bits per heavy atom. The van der Waals surface area contributed by atoms with E-state index in [0.29, 0.717) is 18.0 Å². The molecule has 29 heavy (non-hydrogen) atoms. The van der Waals surface area contributed by atoms with Gasteiger partial charge in [0.1, 0.15) is 16.4 Å². The average Bonchev–Trinajstić information content (AvgIpc) is 3.57. The number of amides is 1. The molecule has 0 spiro atoms. The molecule has 0 atom stereocenters. The molecule has 2 aromatic carbocycles. The first-order valence-corrected chi connectivity index (χ1v) is 11.1. The Hall–Kier alpha value is -2.74. The van der Waals surface area contributed by atoms with Crippen LogP contribution in [0.4, 0.5) is 11.4 Å². The molecule has 0 radical (unpaired) electrons. The van der Waals surface area contributed by atoms with E-state index in [1.54, 1.807) is 18.2 Å². The van der Waals surface area contributed by atoms with Gasteiger partial charge in [0.15, 0.2) is 0 Å². The molecule has 1 aliphatic carbocycles. The summed E-state index contributed by atoms with van der Waals surface area (Å²) in [5.74, 6) is 0.989. The highest BCUT2D eigenvalue weighted by Crippen LogP contribution is 2.37. The van der Waals surface area contributed by atoms with E-state index in [0.717, 1.165) is 36.9 Å². The predicted octanol–water partition coefficient (Wildman–Crippen LogP) is 3.19. The zero-order chi connectivity index (χ0) is 20.6. The van der Waals surface area contributed by atoms with Gasteiger partial charge in [-0.15, -0.1) is 0 Å². The van der Waals surface area contributed by atoms with Crippen LogP contribution in [0.5, 0.6) is 11.5 Å². The molecule has 2 aliphatic rings. The summed E-state index contributed by atoms with van der Waals surface area (Å²) in [5.41, 5.74) is 2.31. The van der Waals surface area contributed by atoms with Gasteiger partial charge in [-0.05, 0) is 61.6 Å². The number of benzene rings is 2. The van der Waals surface area contributed by atoms with Gasteiger partial charge in [0, 0.05) is 29.9 Å². The van der Waals surface area contributed by atoms with Crippen LogP contribution < -0.4 is 19.1 Å². The van der Waals surface area contributed by atoms with Crippen LogP contribution in [0, 0.1) is 5.92 Å². The Morgan fingerprint density at radius 1 is 1.10 bits per heavy atom. The Bertz CT molecular complexity index is 1050. The number of anilines is 2. The van der Waals surface area contributed by atoms with Crippen LogP contribution in [-0.2, 0) is 21.2 Å². The van der Waals surface area contributed by atoms with Crippen molar-refractivity contribution in [1.82, 2.24) is 0 Å². The molecule has 0 saturated heterocycles. The summed E-state index contributed by atoms with van der Waals surface area (Å²) in [6.07, 6.45) is 3.60. The van der Waals surface area contributed by atoms with E-state index in [9.17, 15) is 13.2 Å². The van der Waals surface area contributed by atoms with Crippen molar-refractivity contribution in [3.05, 3.63) is 42.0 Å². The number of rotatable bonds is 6. The molecule has 1 heterocycles. The van der Waals surface area contributed by atoms with Crippen LogP contribution in [0.15, 0.2) is 41.3 Å². The minimum absolute atomic E-state index is 0.00242. The maximum atomic E-state index is 13.0. The molecule has 4 rings (SSSR count). The van der Waals surface area contributed by atoms with E-state index in [2.05, 4.69) is 4.72 Å². The standard InChI is InChI=1S/C21H24N2O5S/c1-27-17-8-10-19(28-2)20(13-17)29(25,26)22-16-7-9-18-15(12-16)4-3-11-23(18)21(24)14-5-6-14/h7-10,12-14,22H,3-6,11H2,1-2H3. The number of aryl methyl sites for hydroxylation is 1. The van der Waals surface area contributed by atoms with Gasteiger partial charge in [0.2, 0.25) is 5.91 Å². The number of sulfonamides is 1. The van der Waals surface area contributed by atoms with Gasteiger partial charge in [-0.3, -0.25) is 9.52 Å². The molecule has 0 aromatic heterocycles. The first-order chi connectivity index (χ1) is 13.9. The third-order valence-corrected chi connectivity index (χ3v) is 6.71. The SMILES string of the molecule is COc1ccc(OC)c(S(=O)(=O)Nc2ccc3c(c2)CCCN3C(=O)C2CC2)c1. The van der Waals surface area contributed by atoms with Crippen LogP contribution in [0.1, 0.15) is 24.8 Å². The lowest BCUT2D eigenvalue weighted by Crippen LogP contribution is -2.36. The summed E-state index contributed by atoms with van der Waals surface area (Å²) in [7, 11) is -0.986. The molecular weight excluding hydrogens is 392 g/mol. The minimum Gasteiger partial charge on any atom is -0.497 e. The predicted molar refractivity (Wildman–Crippen MR) is 110 cm³/mol. The van der Waals surface area contributed by atoms with E-state index >= 15 is 0 Å². The molecule has 0 bridgehead atoms. The molecule has 1 fully saturated rings. The van der Waals surface area contributed by atoms with Crippen LogP contribution in [0.3, 0.4) is 0 Å². The quantitative estimate of drug-likeness (QED) is 0.782. The summed E-state index contributed by atoms with van der Waals surface area (Å²) in [5, 5.41) is 0. The Balaban J connectivity index is 1.62. The molecule has 1 saturated carbocycles. The van der Waals surface area contributed by atoms with Crippen molar-refractivity contribution in [1.29, 1.82) is 0 Å². The number of carbonyl (C=O) groups is 1. The monoisotopic (exact) mass is 416 g/mol. The molecular formula is C21H24N2O5S. The lowest BCUT2D eigenvalue weighted by Gasteiger charge is -2.30. The molecule has 1 amide bonds. The van der Waals surface area contributed by atoms with Gasteiger partial charge in [0.25, 0.3) is 10.0 Å². The summed E-state index contributed by atoms with van der Waals surface area (Å²) < 4.78 is 38.9. The summed E-state index contributed by atoms with van der Waals surface area (Å²) >= 11 is 0. The second kappa shape index (κ2) is 7.59. The highest BCUT2D eigenvalue weighted by Gasteiger charge is 2.35. The number of fused-ring (bicyclic) bond motifs is 1. The summed E-state index contributed by atoms with van der Waals surface area (Å²) in [6, 6.07) is 9.96. The number of hydrogen-bond donors (Lipinski definition) is 1. The van der Waals surface area contributed by atoms with Gasteiger partial charge in [-0.25, -0.2) is 8.42 Å². The lowest BCUT2D eigenvalue weighted by molar-refractivity contribution is -0.119. The van der Waals surface area contributed by atoms with Crippen molar-refractivity contribution in [3.8, 4) is 11.5 Å². The molecule has 2 aromatic rings. The fraction of sp³-hybridized carbons (Fsp3) is 0.381. The number of methoxy groups -OCH3 is 2. The van der Waals surface area contributed by atoms with E-state index in [4.69, 9.17) is 9.47 Å². The van der Waals surface area contributed by atoms with E-state index in [-0.39, 0.29) is 22.5 Å². The maximum Gasteiger partial charge on any atom is 0.265 e. The van der Waals surface area contributed by atoms with Gasteiger partial charge in [-0.2, -0.15) is 0 Å². The largest absolute Gasteiger partial charge is 0.497 e. The zero-order valence-corrected chi connectivity index (χ0v) is 17.3. The average molecular weight is 416 g/mol. The van der Waals surface area contributed by atoms with Crippen LogP contribution in [-0.4, -0.2) is 35.1 Å². The molecule has 0 unspecified atom stereocenters. The summed E-state index contributed by atoms with van der Waals surface area (Å²) in [6.45, 7) is 0.717. The topological polar surface area (TPSA) is 84.9 Å². The molecule has 7 nitrogen and oxygen atoms in total. The van der Waals surface area contributed by atoms with Crippen molar-refractivity contribution in [2.24, 2.45) is 5.92 Å². The number of ether oxygens (including phenoxy) is 2. The lowest BCUT2D eigenvalue weighted by atomic mass is 10.0.